The van der Waals surface area contributed by atoms with E-state index in [-0.39, 0.29) is 36.0 Å². The van der Waals surface area contributed by atoms with Gasteiger partial charge in [-0.15, -0.1) is 24.0 Å². The number of ether oxygens (including phenoxy) is 1. The molecule has 0 aliphatic heterocycles. The molecule has 0 fully saturated rings. The predicted molar refractivity (Wildman–Crippen MR) is 119 cm³/mol. The summed E-state index contributed by atoms with van der Waals surface area (Å²) >= 11 is 0. The molecule has 156 valence electrons. The average molecular weight is 494 g/mol. The largest absolute Gasteiger partial charge is 0.444 e. The monoisotopic (exact) mass is 494 g/mol. The number of hydrogen-bond acceptors (Lipinski definition) is 4. The highest BCUT2D eigenvalue weighted by atomic mass is 127. The van der Waals surface area contributed by atoms with E-state index in [2.05, 4.69) is 22.3 Å². The van der Waals surface area contributed by atoms with E-state index in [4.69, 9.17) is 4.74 Å². The first-order valence-corrected chi connectivity index (χ1v) is 8.85. The number of nitrogens with zero attached hydrogens (tertiary/aromatic N) is 5. The molecule has 0 bridgehead atoms. The summed E-state index contributed by atoms with van der Waals surface area (Å²) in [6.07, 6.45) is 3.53. The van der Waals surface area contributed by atoms with Crippen LogP contribution in [0.15, 0.2) is 17.4 Å². The number of aromatic nitrogens is 2. The Balaban J connectivity index is 0.00000676. The first-order valence-electron chi connectivity index (χ1n) is 8.85. The molecule has 1 amide bonds. The maximum atomic E-state index is 12.0. The molecule has 1 aromatic rings. The zero-order valence-electron chi connectivity index (χ0n) is 17.8. The zero-order chi connectivity index (χ0) is 19.9. The van der Waals surface area contributed by atoms with Crippen LogP contribution in [0.1, 0.15) is 33.3 Å². The lowest BCUT2D eigenvalue weighted by Gasteiger charge is -2.27. The second kappa shape index (κ2) is 11.4. The zero-order valence-corrected chi connectivity index (χ0v) is 20.1. The molecular weight excluding hydrogens is 459 g/mol. The first kappa shape index (κ1) is 25.5. The third-order valence-electron chi connectivity index (χ3n) is 3.65. The van der Waals surface area contributed by atoms with E-state index in [9.17, 15) is 4.79 Å². The van der Waals surface area contributed by atoms with Crippen molar-refractivity contribution in [2.45, 2.75) is 39.8 Å². The summed E-state index contributed by atoms with van der Waals surface area (Å²) in [5.41, 5.74) is 0.639. The SMILES string of the molecule is CN=C(NCC(C)CN(C)C(=O)OC(C)(C)C)N(C)Cc1cnn(C)c1.I. The van der Waals surface area contributed by atoms with Gasteiger partial charge < -0.3 is 19.9 Å². The number of carbonyl (C=O) groups is 1. The summed E-state index contributed by atoms with van der Waals surface area (Å²) in [6, 6.07) is 0. The van der Waals surface area contributed by atoms with E-state index in [1.54, 1.807) is 23.7 Å². The minimum atomic E-state index is -0.482. The standard InChI is InChI=1S/C18H34N6O2.HI/c1-14(11-23(7)17(25)26-18(2,3)4)9-20-16(19-5)22(6)12-15-10-21-24(8)13-15;/h10,13-14H,9,11-12H2,1-8H3,(H,19,20);1H. The molecule has 1 N–H and O–H groups in total. The molecule has 1 heterocycles. The lowest BCUT2D eigenvalue weighted by molar-refractivity contribution is 0.0278. The Bertz CT molecular complexity index is 611. The number of guanidine groups is 1. The van der Waals surface area contributed by atoms with Gasteiger partial charge >= 0.3 is 6.09 Å². The van der Waals surface area contributed by atoms with Crippen LogP contribution in [0.3, 0.4) is 0 Å². The fourth-order valence-corrected chi connectivity index (χ4v) is 2.50. The molecule has 1 unspecified atom stereocenters. The Hall–Kier alpha value is -1.52. The highest BCUT2D eigenvalue weighted by Gasteiger charge is 2.21. The van der Waals surface area contributed by atoms with Crippen LogP contribution < -0.4 is 5.32 Å². The predicted octanol–water partition coefficient (Wildman–Crippen LogP) is 2.55. The second-order valence-corrected chi connectivity index (χ2v) is 7.77. The maximum absolute atomic E-state index is 12.0. The van der Waals surface area contributed by atoms with Gasteiger partial charge in [-0.05, 0) is 26.7 Å². The van der Waals surface area contributed by atoms with Crippen LogP contribution in [0.2, 0.25) is 0 Å². The van der Waals surface area contributed by atoms with Crippen LogP contribution in [0.5, 0.6) is 0 Å². The van der Waals surface area contributed by atoms with Crippen molar-refractivity contribution in [3.8, 4) is 0 Å². The Morgan fingerprint density at radius 2 is 2.00 bits per heavy atom. The number of rotatable bonds is 6. The van der Waals surface area contributed by atoms with Crippen LogP contribution in [-0.4, -0.2) is 71.5 Å². The number of aryl methyl sites for hydroxylation is 1. The van der Waals surface area contributed by atoms with Gasteiger partial charge in [0, 0.05) is 59.6 Å². The molecule has 8 nitrogen and oxygen atoms in total. The number of amides is 1. The van der Waals surface area contributed by atoms with Crippen molar-refractivity contribution in [2.24, 2.45) is 18.0 Å². The number of hydrogen-bond donors (Lipinski definition) is 1. The molecule has 1 rings (SSSR count). The fraction of sp³-hybridized carbons (Fsp3) is 0.722. The Labute approximate surface area is 180 Å². The summed E-state index contributed by atoms with van der Waals surface area (Å²) in [5.74, 6) is 1.05. The van der Waals surface area contributed by atoms with Gasteiger partial charge in [0.2, 0.25) is 0 Å². The Morgan fingerprint density at radius 1 is 1.37 bits per heavy atom. The highest BCUT2D eigenvalue weighted by Crippen LogP contribution is 2.10. The Morgan fingerprint density at radius 3 is 2.48 bits per heavy atom. The van der Waals surface area contributed by atoms with Gasteiger partial charge in [0.15, 0.2) is 5.96 Å². The Kier molecular flexibility index (Phi) is 10.7. The summed E-state index contributed by atoms with van der Waals surface area (Å²) in [6.45, 7) is 9.72. The maximum Gasteiger partial charge on any atom is 0.410 e. The van der Waals surface area contributed by atoms with Crippen LogP contribution in [-0.2, 0) is 18.3 Å². The molecule has 9 heteroatoms. The van der Waals surface area contributed by atoms with Gasteiger partial charge in [-0.3, -0.25) is 9.67 Å². The third-order valence-corrected chi connectivity index (χ3v) is 3.65. The van der Waals surface area contributed by atoms with Crippen LogP contribution >= 0.6 is 24.0 Å². The molecule has 1 aromatic heterocycles. The summed E-state index contributed by atoms with van der Waals surface area (Å²) in [4.78, 5) is 20.0. The quantitative estimate of drug-likeness (QED) is 0.374. The van der Waals surface area contributed by atoms with Crippen LogP contribution in [0, 0.1) is 5.92 Å². The molecular formula is C18H35IN6O2. The van der Waals surface area contributed by atoms with Crippen molar-refractivity contribution >= 4 is 36.0 Å². The lowest BCUT2D eigenvalue weighted by Crippen LogP contribution is -2.43. The van der Waals surface area contributed by atoms with Crippen molar-refractivity contribution in [3.63, 3.8) is 0 Å². The fourth-order valence-electron chi connectivity index (χ4n) is 2.50. The summed E-state index contributed by atoms with van der Waals surface area (Å²) in [7, 11) is 7.41. The number of halogens is 1. The normalized spacial score (nSPS) is 12.8. The number of carbonyl (C=O) groups excluding carboxylic acids is 1. The van der Waals surface area contributed by atoms with E-state index in [1.165, 1.54) is 0 Å². The molecule has 0 aliphatic rings. The van der Waals surface area contributed by atoms with Crippen molar-refractivity contribution in [1.29, 1.82) is 0 Å². The first-order chi connectivity index (χ1) is 12.0. The molecule has 1 atom stereocenters. The number of nitrogens with one attached hydrogen (secondary N) is 1. The molecule has 0 saturated carbocycles. The minimum absolute atomic E-state index is 0. The van der Waals surface area contributed by atoms with E-state index in [0.29, 0.717) is 13.1 Å². The van der Waals surface area contributed by atoms with Gasteiger partial charge in [-0.25, -0.2) is 4.79 Å². The van der Waals surface area contributed by atoms with Gasteiger partial charge in [-0.2, -0.15) is 5.10 Å². The van der Waals surface area contributed by atoms with Crippen molar-refractivity contribution in [3.05, 3.63) is 18.0 Å². The molecule has 0 spiro atoms. The van der Waals surface area contributed by atoms with Crippen molar-refractivity contribution < 1.29 is 9.53 Å². The van der Waals surface area contributed by atoms with E-state index in [1.807, 2.05) is 52.2 Å². The van der Waals surface area contributed by atoms with Crippen molar-refractivity contribution in [2.75, 3.05) is 34.2 Å². The van der Waals surface area contributed by atoms with Crippen LogP contribution in [0.25, 0.3) is 0 Å². The van der Waals surface area contributed by atoms with E-state index < -0.39 is 5.60 Å². The van der Waals surface area contributed by atoms with Gasteiger partial charge in [0.1, 0.15) is 5.60 Å². The van der Waals surface area contributed by atoms with Gasteiger partial charge in [0.05, 0.1) is 6.20 Å². The third kappa shape index (κ3) is 9.83. The molecule has 0 aromatic carbocycles. The second-order valence-electron chi connectivity index (χ2n) is 7.77. The van der Waals surface area contributed by atoms with Crippen molar-refractivity contribution in [1.82, 2.24) is 24.9 Å². The van der Waals surface area contributed by atoms with Gasteiger partial charge in [0.25, 0.3) is 0 Å². The van der Waals surface area contributed by atoms with E-state index in [0.717, 1.165) is 18.1 Å². The molecule has 27 heavy (non-hydrogen) atoms. The molecule has 0 saturated heterocycles. The highest BCUT2D eigenvalue weighted by molar-refractivity contribution is 14.0. The smallest absolute Gasteiger partial charge is 0.410 e. The molecule has 0 radical (unpaired) electrons. The topological polar surface area (TPSA) is 75.0 Å². The van der Waals surface area contributed by atoms with Gasteiger partial charge in [-0.1, -0.05) is 6.92 Å². The lowest BCUT2D eigenvalue weighted by atomic mass is 10.1. The summed E-state index contributed by atoms with van der Waals surface area (Å²) < 4.78 is 7.17. The van der Waals surface area contributed by atoms with E-state index >= 15 is 0 Å². The minimum Gasteiger partial charge on any atom is -0.444 e. The molecule has 0 aliphatic carbocycles. The van der Waals surface area contributed by atoms with Crippen LogP contribution in [0.4, 0.5) is 4.79 Å². The average Bonchev–Trinajstić information content (AvgIpc) is 2.91. The number of aliphatic imine (C=N–C) groups is 1. The summed E-state index contributed by atoms with van der Waals surface area (Å²) in [5, 5.41) is 7.54.